The van der Waals surface area contributed by atoms with E-state index in [0.717, 1.165) is 23.3 Å². The molecule has 0 unspecified atom stereocenters. The standard InChI is InChI=1S/C33H44N2O4S/c1-8-9-18-35(32(37)26-11-13-27(14-12-26)33(3,4)5)23-31(36)34(22-30-24(2)17-20-40-30)19-16-25-10-15-28(38-6)29(21-25)39-7/h10-15,17,20-21H,8-9,16,18-19,22-23H2,1-7H3. The number of amides is 2. The summed E-state index contributed by atoms with van der Waals surface area (Å²) >= 11 is 1.66. The molecule has 216 valence electrons. The molecule has 0 fully saturated rings. The van der Waals surface area contributed by atoms with E-state index in [2.05, 4.69) is 46.1 Å². The van der Waals surface area contributed by atoms with Crippen LogP contribution in [0.3, 0.4) is 0 Å². The van der Waals surface area contributed by atoms with Crippen molar-refractivity contribution in [3.63, 3.8) is 0 Å². The quantitative estimate of drug-likeness (QED) is 0.227. The Bertz CT molecular complexity index is 1260. The minimum Gasteiger partial charge on any atom is -0.493 e. The zero-order valence-corrected chi connectivity index (χ0v) is 25.9. The second-order valence-corrected chi connectivity index (χ2v) is 12.2. The summed E-state index contributed by atoms with van der Waals surface area (Å²) in [7, 11) is 3.24. The van der Waals surface area contributed by atoms with E-state index >= 15 is 0 Å². The highest BCUT2D eigenvalue weighted by Crippen LogP contribution is 2.28. The van der Waals surface area contributed by atoms with Gasteiger partial charge >= 0.3 is 0 Å². The predicted molar refractivity (Wildman–Crippen MR) is 164 cm³/mol. The van der Waals surface area contributed by atoms with Crippen molar-refractivity contribution in [3.05, 3.63) is 81.0 Å². The van der Waals surface area contributed by atoms with Crippen molar-refractivity contribution < 1.29 is 19.1 Å². The van der Waals surface area contributed by atoms with Crippen molar-refractivity contribution >= 4 is 23.2 Å². The molecule has 0 radical (unpaired) electrons. The van der Waals surface area contributed by atoms with Gasteiger partial charge in [-0.2, -0.15) is 0 Å². The smallest absolute Gasteiger partial charge is 0.254 e. The Hall–Kier alpha value is -3.32. The molecule has 0 aliphatic carbocycles. The van der Waals surface area contributed by atoms with E-state index in [1.165, 1.54) is 11.1 Å². The lowest BCUT2D eigenvalue weighted by Crippen LogP contribution is -2.43. The van der Waals surface area contributed by atoms with E-state index in [4.69, 9.17) is 9.47 Å². The van der Waals surface area contributed by atoms with Crippen LogP contribution in [-0.2, 0) is 23.2 Å². The summed E-state index contributed by atoms with van der Waals surface area (Å²) in [5.74, 6) is 1.19. The van der Waals surface area contributed by atoms with Crippen molar-refractivity contribution in [2.75, 3.05) is 33.9 Å². The van der Waals surface area contributed by atoms with Gasteiger partial charge < -0.3 is 19.3 Å². The van der Waals surface area contributed by atoms with Gasteiger partial charge in [-0.05, 0) is 77.6 Å². The first-order valence-electron chi connectivity index (χ1n) is 14.0. The number of rotatable bonds is 13. The molecule has 0 spiro atoms. The average molecular weight is 565 g/mol. The molecule has 1 heterocycles. The van der Waals surface area contributed by atoms with Gasteiger partial charge in [-0.25, -0.2) is 0 Å². The zero-order valence-electron chi connectivity index (χ0n) is 25.1. The fourth-order valence-corrected chi connectivity index (χ4v) is 5.41. The fourth-order valence-electron chi connectivity index (χ4n) is 4.49. The molecule has 0 saturated heterocycles. The Morgan fingerprint density at radius 1 is 0.900 bits per heavy atom. The fraction of sp³-hybridized carbons (Fsp3) is 0.455. The van der Waals surface area contributed by atoms with Crippen LogP contribution in [0, 0.1) is 6.92 Å². The summed E-state index contributed by atoms with van der Waals surface area (Å²) in [6.45, 7) is 12.3. The Labute approximate surface area is 243 Å². The van der Waals surface area contributed by atoms with E-state index in [1.54, 1.807) is 30.5 Å². The number of thiophene rings is 1. The molecule has 0 atom stereocenters. The average Bonchev–Trinajstić information content (AvgIpc) is 3.35. The number of hydrogen-bond donors (Lipinski definition) is 0. The third-order valence-electron chi connectivity index (χ3n) is 7.17. The van der Waals surface area contributed by atoms with Crippen LogP contribution in [0.2, 0.25) is 0 Å². The molecule has 0 aliphatic heterocycles. The lowest BCUT2D eigenvalue weighted by atomic mass is 9.86. The van der Waals surface area contributed by atoms with Crippen molar-refractivity contribution in [2.24, 2.45) is 0 Å². The second kappa shape index (κ2) is 14.4. The highest BCUT2D eigenvalue weighted by atomic mass is 32.1. The number of hydrogen-bond acceptors (Lipinski definition) is 5. The van der Waals surface area contributed by atoms with Gasteiger partial charge in [0.1, 0.15) is 6.54 Å². The highest BCUT2D eigenvalue weighted by Gasteiger charge is 2.24. The van der Waals surface area contributed by atoms with Gasteiger partial charge in [-0.3, -0.25) is 9.59 Å². The third-order valence-corrected chi connectivity index (χ3v) is 8.17. The molecule has 1 aromatic heterocycles. The van der Waals surface area contributed by atoms with E-state index in [1.807, 2.05) is 47.4 Å². The van der Waals surface area contributed by atoms with E-state index in [-0.39, 0.29) is 23.8 Å². The Morgan fingerprint density at radius 3 is 2.17 bits per heavy atom. The summed E-state index contributed by atoms with van der Waals surface area (Å²) in [5.41, 5.74) is 4.02. The van der Waals surface area contributed by atoms with Crippen LogP contribution in [0.1, 0.15) is 72.5 Å². The predicted octanol–water partition coefficient (Wildman–Crippen LogP) is 6.89. The van der Waals surface area contributed by atoms with Crippen LogP contribution >= 0.6 is 11.3 Å². The molecule has 2 amide bonds. The molecule has 40 heavy (non-hydrogen) atoms. The van der Waals surface area contributed by atoms with E-state index in [0.29, 0.717) is 43.1 Å². The summed E-state index contributed by atoms with van der Waals surface area (Å²) in [6, 6.07) is 15.7. The van der Waals surface area contributed by atoms with Gasteiger partial charge in [0.25, 0.3) is 5.91 Å². The maximum Gasteiger partial charge on any atom is 0.254 e. The van der Waals surface area contributed by atoms with Crippen LogP contribution in [0.4, 0.5) is 0 Å². The monoisotopic (exact) mass is 564 g/mol. The molecule has 0 N–H and O–H groups in total. The van der Waals surface area contributed by atoms with Gasteiger partial charge in [0.2, 0.25) is 5.91 Å². The van der Waals surface area contributed by atoms with Crippen molar-refractivity contribution in [1.82, 2.24) is 9.80 Å². The first-order valence-corrected chi connectivity index (χ1v) is 14.9. The van der Waals surface area contributed by atoms with Crippen LogP contribution in [0.5, 0.6) is 11.5 Å². The van der Waals surface area contributed by atoms with Gasteiger partial charge in [-0.15, -0.1) is 11.3 Å². The number of unbranched alkanes of at least 4 members (excludes halogenated alkanes) is 1. The first-order chi connectivity index (χ1) is 19.1. The van der Waals surface area contributed by atoms with Crippen LogP contribution in [-0.4, -0.2) is 55.5 Å². The molecule has 7 heteroatoms. The SMILES string of the molecule is CCCCN(CC(=O)N(CCc1ccc(OC)c(OC)c1)Cc1sccc1C)C(=O)c1ccc(C(C)(C)C)cc1. The Morgan fingerprint density at radius 2 is 1.60 bits per heavy atom. The van der Waals surface area contributed by atoms with Crippen LogP contribution in [0.25, 0.3) is 0 Å². The maximum absolute atomic E-state index is 13.8. The number of ether oxygens (including phenoxy) is 2. The second-order valence-electron chi connectivity index (χ2n) is 11.2. The largest absolute Gasteiger partial charge is 0.493 e. The molecule has 0 bridgehead atoms. The number of aryl methyl sites for hydroxylation is 1. The molecule has 6 nitrogen and oxygen atoms in total. The lowest BCUT2D eigenvalue weighted by molar-refractivity contribution is -0.132. The van der Waals surface area contributed by atoms with E-state index < -0.39 is 0 Å². The molecule has 2 aromatic carbocycles. The number of benzene rings is 2. The minimum absolute atomic E-state index is 0.00771. The number of carbonyl (C=O) groups is 2. The lowest BCUT2D eigenvalue weighted by Gasteiger charge is -2.28. The highest BCUT2D eigenvalue weighted by molar-refractivity contribution is 7.10. The summed E-state index contributed by atoms with van der Waals surface area (Å²) < 4.78 is 10.8. The van der Waals surface area contributed by atoms with Gasteiger partial charge in [-0.1, -0.05) is 52.3 Å². The molecular formula is C33H44N2O4S. The first kappa shape index (κ1) is 31.2. The summed E-state index contributed by atoms with van der Waals surface area (Å²) in [5, 5.41) is 2.06. The maximum atomic E-state index is 13.8. The summed E-state index contributed by atoms with van der Waals surface area (Å²) in [4.78, 5) is 32.1. The third kappa shape index (κ3) is 8.34. The van der Waals surface area contributed by atoms with E-state index in [9.17, 15) is 9.59 Å². The number of carbonyl (C=O) groups excluding carboxylic acids is 2. The molecular weight excluding hydrogens is 520 g/mol. The van der Waals surface area contributed by atoms with Crippen molar-refractivity contribution in [2.45, 2.75) is 65.8 Å². The Balaban J connectivity index is 1.81. The van der Waals surface area contributed by atoms with Crippen molar-refractivity contribution in [3.8, 4) is 11.5 Å². The molecule has 0 aliphatic rings. The van der Waals surface area contributed by atoms with Crippen LogP contribution in [0.15, 0.2) is 53.9 Å². The zero-order chi connectivity index (χ0) is 29.3. The van der Waals surface area contributed by atoms with Gasteiger partial charge in [0.05, 0.1) is 20.8 Å². The summed E-state index contributed by atoms with van der Waals surface area (Å²) in [6.07, 6.45) is 2.45. The number of nitrogens with zero attached hydrogens (tertiary/aromatic N) is 2. The molecule has 3 rings (SSSR count). The Kier molecular flexibility index (Phi) is 11.2. The normalized spacial score (nSPS) is 11.3. The van der Waals surface area contributed by atoms with Crippen molar-refractivity contribution in [1.29, 1.82) is 0 Å². The van der Waals surface area contributed by atoms with Gasteiger partial charge in [0.15, 0.2) is 11.5 Å². The van der Waals surface area contributed by atoms with Crippen LogP contribution < -0.4 is 9.47 Å². The molecule has 3 aromatic rings. The molecule has 0 saturated carbocycles. The number of methoxy groups -OCH3 is 2. The van der Waals surface area contributed by atoms with Gasteiger partial charge in [0, 0.05) is 23.5 Å². The minimum atomic E-state index is -0.102. The topological polar surface area (TPSA) is 59.1 Å².